The monoisotopic (exact) mass is 269 g/mol. The van der Waals surface area contributed by atoms with Crippen molar-refractivity contribution in [3.63, 3.8) is 0 Å². The number of anilines is 1. The molecule has 2 N–H and O–H groups in total. The van der Waals surface area contributed by atoms with E-state index in [4.69, 9.17) is 5.73 Å². The molecule has 0 spiro atoms. The SMILES string of the molecule is Cn1ncc(-c2ccc(-n3ccn(C)c3=O)cc2)c1N. The molecule has 0 radical (unpaired) electrons. The van der Waals surface area contributed by atoms with Gasteiger partial charge in [-0.1, -0.05) is 12.1 Å². The number of hydrogen-bond acceptors (Lipinski definition) is 3. The molecule has 0 atom stereocenters. The molecule has 3 rings (SSSR count). The van der Waals surface area contributed by atoms with E-state index >= 15 is 0 Å². The Morgan fingerprint density at radius 2 is 1.80 bits per heavy atom. The Bertz CT molecular complexity index is 807. The van der Waals surface area contributed by atoms with E-state index in [0.29, 0.717) is 5.82 Å². The van der Waals surface area contributed by atoms with Crippen LogP contribution in [0.3, 0.4) is 0 Å². The summed E-state index contributed by atoms with van der Waals surface area (Å²) in [6.45, 7) is 0. The molecule has 1 aromatic carbocycles. The second-order valence-corrected chi connectivity index (χ2v) is 4.68. The van der Waals surface area contributed by atoms with Crippen molar-refractivity contribution in [2.24, 2.45) is 14.1 Å². The van der Waals surface area contributed by atoms with Crippen molar-refractivity contribution >= 4 is 5.82 Å². The van der Waals surface area contributed by atoms with Crippen LogP contribution in [0.25, 0.3) is 16.8 Å². The first-order valence-corrected chi connectivity index (χ1v) is 6.20. The van der Waals surface area contributed by atoms with Gasteiger partial charge in [-0.05, 0) is 17.7 Å². The van der Waals surface area contributed by atoms with Crippen LogP contribution in [0, 0.1) is 0 Å². The Kier molecular flexibility index (Phi) is 2.71. The highest BCUT2D eigenvalue weighted by atomic mass is 16.1. The highest BCUT2D eigenvalue weighted by molar-refractivity contribution is 5.74. The summed E-state index contributed by atoms with van der Waals surface area (Å²) >= 11 is 0. The largest absolute Gasteiger partial charge is 0.383 e. The first-order chi connectivity index (χ1) is 9.58. The predicted octanol–water partition coefficient (Wildman–Crippen LogP) is 1.16. The fourth-order valence-corrected chi connectivity index (χ4v) is 2.13. The van der Waals surface area contributed by atoms with Gasteiger partial charge in [0.1, 0.15) is 5.82 Å². The lowest BCUT2D eigenvalue weighted by atomic mass is 10.1. The van der Waals surface area contributed by atoms with E-state index in [-0.39, 0.29) is 5.69 Å². The summed E-state index contributed by atoms with van der Waals surface area (Å²) < 4.78 is 4.76. The molecule has 6 nitrogen and oxygen atoms in total. The van der Waals surface area contributed by atoms with Gasteiger partial charge in [0.15, 0.2) is 0 Å². The Balaban J connectivity index is 2.02. The Hall–Kier alpha value is -2.76. The number of nitrogens with two attached hydrogens (primary N) is 1. The summed E-state index contributed by atoms with van der Waals surface area (Å²) in [4.78, 5) is 11.9. The molecular weight excluding hydrogens is 254 g/mol. The minimum absolute atomic E-state index is 0.0707. The number of aromatic nitrogens is 4. The van der Waals surface area contributed by atoms with Gasteiger partial charge in [0, 0.05) is 32.1 Å². The molecule has 0 bridgehead atoms. The molecule has 6 heteroatoms. The zero-order chi connectivity index (χ0) is 14.3. The molecule has 2 aromatic heterocycles. The van der Waals surface area contributed by atoms with Crippen LogP contribution in [0.15, 0.2) is 47.7 Å². The lowest BCUT2D eigenvalue weighted by molar-refractivity contribution is 0.779. The highest BCUT2D eigenvalue weighted by Gasteiger charge is 2.08. The van der Waals surface area contributed by atoms with Gasteiger partial charge in [0.25, 0.3) is 0 Å². The van der Waals surface area contributed by atoms with Crippen LogP contribution in [0.4, 0.5) is 5.82 Å². The van der Waals surface area contributed by atoms with Crippen LogP contribution >= 0.6 is 0 Å². The van der Waals surface area contributed by atoms with Gasteiger partial charge in [-0.3, -0.25) is 9.25 Å². The van der Waals surface area contributed by atoms with Gasteiger partial charge < -0.3 is 10.3 Å². The zero-order valence-corrected chi connectivity index (χ0v) is 11.3. The topological polar surface area (TPSA) is 70.8 Å². The summed E-state index contributed by atoms with van der Waals surface area (Å²) in [6, 6.07) is 7.65. The standard InChI is InChI=1S/C14H15N5O/c1-17-7-8-19(14(17)20)11-5-3-10(4-6-11)12-9-16-18(2)13(12)15/h3-9H,15H2,1-2H3. The van der Waals surface area contributed by atoms with E-state index in [9.17, 15) is 4.79 Å². The maximum Gasteiger partial charge on any atom is 0.332 e. The first-order valence-electron chi connectivity index (χ1n) is 6.20. The summed E-state index contributed by atoms with van der Waals surface area (Å²) in [5.41, 5.74) is 8.57. The second-order valence-electron chi connectivity index (χ2n) is 4.68. The van der Waals surface area contributed by atoms with Crippen LogP contribution in [-0.4, -0.2) is 18.9 Å². The molecular formula is C14H15N5O. The Morgan fingerprint density at radius 1 is 1.10 bits per heavy atom. The maximum atomic E-state index is 11.9. The van der Waals surface area contributed by atoms with Crippen LogP contribution < -0.4 is 11.4 Å². The van der Waals surface area contributed by atoms with E-state index in [2.05, 4.69) is 5.10 Å². The molecule has 0 amide bonds. The fraction of sp³-hybridized carbons (Fsp3) is 0.143. The van der Waals surface area contributed by atoms with Crippen molar-refractivity contribution in [3.05, 3.63) is 53.3 Å². The summed E-state index contributed by atoms with van der Waals surface area (Å²) in [6.07, 6.45) is 5.21. The van der Waals surface area contributed by atoms with E-state index < -0.39 is 0 Å². The third kappa shape index (κ3) is 1.82. The second kappa shape index (κ2) is 4.41. The number of benzene rings is 1. The van der Waals surface area contributed by atoms with E-state index in [1.54, 1.807) is 41.9 Å². The predicted molar refractivity (Wildman–Crippen MR) is 77.6 cm³/mol. The van der Waals surface area contributed by atoms with Gasteiger partial charge in [0.2, 0.25) is 0 Å². The molecule has 3 aromatic rings. The third-order valence-electron chi connectivity index (χ3n) is 3.39. The van der Waals surface area contributed by atoms with Crippen molar-refractivity contribution in [1.82, 2.24) is 18.9 Å². The molecule has 2 heterocycles. The van der Waals surface area contributed by atoms with Crippen molar-refractivity contribution in [3.8, 4) is 16.8 Å². The Labute approximate surface area is 115 Å². The van der Waals surface area contributed by atoms with Crippen molar-refractivity contribution in [2.75, 3.05) is 5.73 Å². The smallest absolute Gasteiger partial charge is 0.332 e. The lowest BCUT2D eigenvalue weighted by Gasteiger charge is -2.04. The average Bonchev–Trinajstić information content (AvgIpc) is 2.96. The summed E-state index contributed by atoms with van der Waals surface area (Å²) in [5.74, 6) is 0.620. The van der Waals surface area contributed by atoms with Crippen molar-refractivity contribution in [2.45, 2.75) is 0 Å². The van der Waals surface area contributed by atoms with E-state index in [0.717, 1.165) is 16.8 Å². The average molecular weight is 269 g/mol. The van der Waals surface area contributed by atoms with Gasteiger partial charge in [-0.2, -0.15) is 5.10 Å². The maximum absolute atomic E-state index is 11.9. The van der Waals surface area contributed by atoms with Crippen molar-refractivity contribution < 1.29 is 0 Å². The molecule has 0 aliphatic carbocycles. The summed E-state index contributed by atoms with van der Waals surface area (Å²) in [7, 11) is 3.53. The fourth-order valence-electron chi connectivity index (χ4n) is 2.13. The molecule has 20 heavy (non-hydrogen) atoms. The molecule has 0 aliphatic rings. The minimum Gasteiger partial charge on any atom is -0.383 e. The zero-order valence-electron chi connectivity index (χ0n) is 11.3. The number of aryl methyl sites for hydroxylation is 2. The number of nitrogen functional groups attached to an aromatic ring is 1. The van der Waals surface area contributed by atoms with E-state index in [1.807, 2.05) is 24.3 Å². The first kappa shape index (κ1) is 12.3. The number of imidazole rings is 1. The third-order valence-corrected chi connectivity index (χ3v) is 3.39. The van der Waals surface area contributed by atoms with Gasteiger partial charge in [-0.15, -0.1) is 0 Å². The highest BCUT2D eigenvalue weighted by Crippen LogP contribution is 2.25. The Morgan fingerprint density at radius 3 is 2.30 bits per heavy atom. The molecule has 0 saturated heterocycles. The lowest BCUT2D eigenvalue weighted by Crippen LogP contribution is -2.20. The molecule has 102 valence electrons. The van der Waals surface area contributed by atoms with Crippen LogP contribution in [0.5, 0.6) is 0 Å². The number of nitrogens with zero attached hydrogens (tertiary/aromatic N) is 4. The van der Waals surface area contributed by atoms with Gasteiger partial charge >= 0.3 is 5.69 Å². The molecule has 0 fully saturated rings. The quantitative estimate of drug-likeness (QED) is 0.759. The number of rotatable bonds is 2. The normalized spacial score (nSPS) is 10.9. The van der Waals surface area contributed by atoms with Crippen LogP contribution in [-0.2, 0) is 14.1 Å². The summed E-state index contributed by atoms with van der Waals surface area (Å²) in [5, 5.41) is 4.12. The number of hydrogen-bond donors (Lipinski definition) is 1. The van der Waals surface area contributed by atoms with Crippen molar-refractivity contribution in [1.29, 1.82) is 0 Å². The van der Waals surface area contributed by atoms with Gasteiger partial charge in [-0.25, -0.2) is 4.79 Å². The molecule has 0 aliphatic heterocycles. The van der Waals surface area contributed by atoms with E-state index in [1.165, 1.54) is 4.57 Å². The molecule has 0 unspecified atom stereocenters. The van der Waals surface area contributed by atoms with Crippen LogP contribution in [0.1, 0.15) is 0 Å². The molecule has 0 saturated carbocycles. The van der Waals surface area contributed by atoms with Crippen LogP contribution in [0.2, 0.25) is 0 Å². The minimum atomic E-state index is -0.0707. The van der Waals surface area contributed by atoms with Gasteiger partial charge in [0.05, 0.1) is 11.9 Å².